The van der Waals surface area contributed by atoms with Gasteiger partial charge in [-0.15, -0.1) is 0 Å². The van der Waals surface area contributed by atoms with Crippen LogP contribution in [0.25, 0.3) is 0 Å². The summed E-state index contributed by atoms with van der Waals surface area (Å²) in [7, 11) is 0. The maximum atomic E-state index is 12.5. The number of amides is 1. The van der Waals surface area contributed by atoms with Gasteiger partial charge >= 0.3 is 18.0 Å². The van der Waals surface area contributed by atoms with Gasteiger partial charge in [0.05, 0.1) is 0 Å². The highest BCUT2D eigenvalue weighted by atomic mass is 19.4. The molecule has 0 heterocycles. The Kier molecular flexibility index (Phi) is 3.41. The molecule has 3 N–H and O–H groups in total. The second-order valence-electron chi connectivity index (χ2n) is 3.75. The Morgan fingerprint density at radius 1 is 1.19 bits per heavy atom. The van der Waals surface area contributed by atoms with E-state index in [2.05, 4.69) is 0 Å². The SMILES string of the molecule is NC1CCCC1NC(=O)C(F)(F)C(F)(F)F. The lowest BCUT2D eigenvalue weighted by molar-refractivity contribution is -0.270. The number of halogens is 5. The molecule has 3 nitrogen and oxygen atoms in total. The molecule has 1 aliphatic rings. The molecule has 1 rings (SSSR count). The van der Waals surface area contributed by atoms with E-state index in [4.69, 9.17) is 5.73 Å². The van der Waals surface area contributed by atoms with E-state index < -0.39 is 30.1 Å². The summed E-state index contributed by atoms with van der Waals surface area (Å²) in [5.74, 6) is -7.70. The van der Waals surface area contributed by atoms with E-state index >= 15 is 0 Å². The third-order valence-electron chi connectivity index (χ3n) is 2.53. The molecule has 94 valence electrons. The zero-order valence-electron chi connectivity index (χ0n) is 8.15. The van der Waals surface area contributed by atoms with Gasteiger partial charge in [0, 0.05) is 12.1 Å². The van der Waals surface area contributed by atoms with E-state index in [-0.39, 0.29) is 0 Å². The molecule has 1 saturated carbocycles. The van der Waals surface area contributed by atoms with Crippen molar-refractivity contribution in [3.8, 4) is 0 Å². The fraction of sp³-hybridized carbons (Fsp3) is 0.875. The molecule has 1 fully saturated rings. The van der Waals surface area contributed by atoms with Crippen LogP contribution in [0.5, 0.6) is 0 Å². The molecule has 0 bridgehead atoms. The van der Waals surface area contributed by atoms with Gasteiger partial charge in [-0.05, 0) is 19.3 Å². The van der Waals surface area contributed by atoms with Gasteiger partial charge in [-0.1, -0.05) is 0 Å². The molecule has 0 saturated heterocycles. The minimum Gasteiger partial charge on any atom is -0.346 e. The van der Waals surface area contributed by atoms with E-state index in [0.29, 0.717) is 19.3 Å². The Labute approximate surface area is 88.2 Å². The summed E-state index contributed by atoms with van der Waals surface area (Å²) in [5.41, 5.74) is 5.44. The fourth-order valence-corrected chi connectivity index (χ4v) is 1.56. The van der Waals surface area contributed by atoms with Crippen LogP contribution >= 0.6 is 0 Å². The Morgan fingerprint density at radius 3 is 2.12 bits per heavy atom. The molecule has 0 aromatic heterocycles. The summed E-state index contributed by atoms with van der Waals surface area (Å²) in [6.45, 7) is 0. The second kappa shape index (κ2) is 4.15. The van der Waals surface area contributed by atoms with Crippen molar-refractivity contribution in [3.63, 3.8) is 0 Å². The lowest BCUT2D eigenvalue weighted by Gasteiger charge is -2.23. The Balaban J connectivity index is 2.65. The molecule has 2 atom stereocenters. The van der Waals surface area contributed by atoms with Gasteiger partial charge in [0.25, 0.3) is 0 Å². The van der Waals surface area contributed by atoms with E-state index in [1.807, 2.05) is 0 Å². The van der Waals surface area contributed by atoms with Crippen molar-refractivity contribution in [2.75, 3.05) is 0 Å². The molecule has 0 aromatic carbocycles. The first kappa shape index (κ1) is 13.1. The van der Waals surface area contributed by atoms with Gasteiger partial charge in [-0.3, -0.25) is 4.79 Å². The van der Waals surface area contributed by atoms with E-state index in [1.54, 1.807) is 5.32 Å². The van der Waals surface area contributed by atoms with E-state index in [1.165, 1.54) is 0 Å². The standard InChI is InChI=1S/C8H11F5N2O/c9-7(10,8(11,12)13)6(16)15-5-3-1-2-4(5)14/h4-5H,1-3,14H2,(H,15,16). The van der Waals surface area contributed by atoms with Gasteiger partial charge in [-0.25, -0.2) is 0 Å². The maximum absolute atomic E-state index is 12.5. The molecule has 1 aliphatic carbocycles. The number of rotatable bonds is 2. The van der Waals surface area contributed by atoms with Crippen molar-refractivity contribution >= 4 is 5.91 Å². The molecular weight excluding hydrogens is 235 g/mol. The van der Waals surface area contributed by atoms with Gasteiger partial charge < -0.3 is 11.1 Å². The quantitative estimate of drug-likeness (QED) is 0.719. The first-order valence-corrected chi connectivity index (χ1v) is 4.67. The molecule has 0 radical (unpaired) electrons. The third-order valence-corrected chi connectivity index (χ3v) is 2.53. The van der Waals surface area contributed by atoms with Crippen molar-refractivity contribution in [1.82, 2.24) is 5.32 Å². The minimum absolute atomic E-state index is 0.320. The number of alkyl halides is 5. The van der Waals surface area contributed by atoms with Crippen LogP contribution in [0.4, 0.5) is 22.0 Å². The second-order valence-corrected chi connectivity index (χ2v) is 3.75. The van der Waals surface area contributed by atoms with Crippen LogP contribution < -0.4 is 11.1 Å². The number of nitrogens with two attached hydrogens (primary N) is 1. The average molecular weight is 246 g/mol. The van der Waals surface area contributed by atoms with E-state index in [9.17, 15) is 26.7 Å². The summed E-state index contributed by atoms with van der Waals surface area (Å²) in [4.78, 5) is 10.8. The summed E-state index contributed by atoms with van der Waals surface area (Å²) < 4.78 is 60.5. The number of carbonyl (C=O) groups is 1. The number of carbonyl (C=O) groups excluding carboxylic acids is 1. The van der Waals surface area contributed by atoms with Crippen molar-refractivity contribution in [1.29, 1.82) is 0 Å². The number of nitrogens with one attached hydrogen (secondary N) is 1. The topological polar surface area (TPSA) is 55.1 Å². The van der Waals surface area contributed by atoms with Crippen LogP contribution in [-0.4, -0.2) is 30.1 Å². The molecule has 16 heavy (non-hydrogen) atoms. The molecule has 0 aliphatic heterocycles. The fourth-order valence-electron chi connectivity index (χ4n) is 1.56. The minimum atomic E-state index is -5.88. The van der Waals surface area contributed by atoms with Crippen molar-refractivity contribution in [2.45, 2.75) is 43.4 Å². The lowest BCUT2D eigenvalue weighted by Crippen LogP contribution is -2.55. The largest absolute Gasteiger partial charge is 0.463 e. The highest BCUT2D eigenvalue weighted by molar-refractivity contribution is 5.84. The van der Waals surface area contributed by atoms with Gasteiger partial charge in [0.15, 0.2) is 0 Å². The third kappa shape index (κ3) is 2.42. The summed E-state index contributed by atoms with van der Waals surface area (Å²) in [5, 5.41) is 1.64. The molecule has 2 unspecified atom stereocenters. The van der Waals surface area contributed by atoms with Crippen LogP contribution in [-0.2, 0) is 4.79 Å². The smallest absolute Gasteiger partial charge is 0.346 e. The predicted molar refractivity (Wildman–Crippen MR) is 44.8 cm³/mol. The van der Waals surface area contributed by atoms with Crippen molar-refractivity contribution in [3.05, 3.63) is 0 Å². The predicted octanol–water partition coefficient (Wildman–Crippen LogP) is 1.18. The van der Waals surface area contributed by atoms with Crippen LogP contribution in [0.3, 0.4) is 0 Å². The van der Waals surface area contributed by atoms with Crippen LogP contribution in [0.1, 0.15) is 19.3 Å². The molecule has 8 heteroatoms. The lowest BCUT2D eigenvalue weighted by atomic mass is 10.1. The maximum Gasteiger partial charge on any atom is 0.463 e. The first-order valence-electron chi connectivity index (χ1n) is 4.67. The number of hydrogen-bond acceptors (Lipinski definition) is 2. The molecule has 0 spiro atoms. The van der Waals surface area contributed by atoms with Gasteiger partial charge in [0.1, 0.15) is 0 Å². The average Bonchev–Trinajstić information content (AvgIpc) is 2.49. The zero-order chi connectivity index (χ0) is 12.6. The van der Waals surface area contributed by atoms with Crippen molar-refractivity contribution < 1.29 is 26.7 Å². The van der Waals surface area contributed by atoms with Gasteiger partial charge in [0.2, 0.25) is 0 Å². The molecule has 0 aromatic rings. The van der Waals surface area contributed by atoms with E-state index in [0.717, 1.165) is 0 Å². The highest BCUT2D eigenvalue weighted by Crippen LogP contribution is 2.35. The monoisotopic (exact) mass is 246 g/mol. The molecule has 1 amide bonds. The summed E-state index contributed by atoms with van der Waals surface area (Å²) >= 11 is 0. The number of hydrogen-bond donors (Lipinski definition) is 2. The van der Waals surface area contributed by atoms with Crippen LogP contribution in [0, 0.1) is 0 Å². The first-order chi connectivity index (χ1) is 7.16. The van der Waals surface area contributed by atoms with Crippen molar-refractivity contribution in [2.24, 2.45) is 5.73 Å². The Bertz CT molecular complexity index is 278. The highest BCUT2D eigenvalue weighted by Gasteiger charge is 2.63. The summed E-state index contributed by atoms with van der Waals surface area (Å²) in [6, 6.07) is -1.37. The zero-order valence-corrected chi connectivity index (χ0v) is 8.15. The normalized spacial score (nSPS) is 26.9. The Hall–Kier alpha value is -0.920. The van der Waals surface area contributed by atoms with Crippen LogP contribution in [0.15, 0.2) is 0 Å². The van der Waals surface area contributed by atoms with Crippen LogP contribution in [0.2, 0.25) is 0 Å². The Morgan fingerprint density at radius 2 is 1.75 bits per heavy atom. The van der Waals surface area contributed by atoms with Gasteiger partial charge in [-0.2, -0.15) is 22.0 Å². The summed E-state index contributed by atoms with van der Waals surface area (Å²) in [6.07, 6.45) is -4.45. The molecular formula is C8H11F5N2O.